The quantitative estimate of drug-likeness (QED) is 0.0200. The number of carbonyl (C=O) groups is 1. The average molecular weight is 774 g/mol. The van der Waals surface area contributed by atoms with Gasteiger partial charge in [0, 0.05) is 13.0 Å². The van der Waals surface area contributed by atoms with Crippen molar-refractivity contribution in [3.05, 3.63) is 12.2 Å². The Kier molecular flexibility index (Phi) is 37.6. The predicted octanol–water partition coefficient (Wildman–Crippen LogP) is 12.4. The molecule has 8 nitrogen and oxygen atoms in total. The highest BCUT2D eigenvalue weighted by Gasteiger charge is 2.20. The lowest BCUT2D eigenvalue weighted by Crippen LogP contribution is -2.37. The molecule has 0 radical (unpaired) electrons. The molecule has 0 saturated heterocycles. The van der Waals surface area contributed by atoms with Crippen LogP contribution in [0.15, 0.2) is 12.2 Å². The molecule has 0 N–H and O–H groups in total. The van der Waals surface area contributed by atoms with Crippen LogP contribution in [0.25, 0.3) is 0 Å². The number of rotatable bonds is 42. The van der Waals surface area contributed by atoms with Crippen molar-refractivity contribution in [3.8, 4) is 0 Å². The van der Waals surface area contributed by atoms with E-state index in [9.17, 15) is 14.3 Å². The standard InChI is InChI=1S/C44H88NO7P/c1-6-8-10-12-14-16-18-20-22-23-24-25-27-29-31-33-35-37-44(46)52-43(42-51-53(47,48)50-40-38-45(3,4)5)41-49-39-36-34-32-30-28-26-21-19-17-15-13-11-9-7-2/h17,19,43H,6-16,18,20-42H2,1-5H3/b19-17-. The molecule has 0 aromatic carbocycles. The Morgan fingerprint density at radius 3 is 1.45 bits per heavy atom. The number of hydrogen-bond acceptors (Lipinski definition) is 7. The smallest absolute Gasteiger partial charge is 0.306 e. The van der Waals surface area contributed by atoms with Crippen LogP contribution in [0.3, 0.4) is 0 Å². The molecule has 0 aliphatic carbocycles. The van der Waals surface area contributed by atoms with Gasteiger partial charge in [-0.25, -0.2) is 0 Å². The van der Waals surface area contributed by atoms with Gasteiger partial charge in [0.25, 0.3) is 7.82 Å². The van der Waals surface area contributed by atoms with Crippen LogP contribution in [0.4, 0.5) is 0 Å². The Labute approximate surface area is 329 Å². The summed E-state index contributed by atoms with van der Waals surface area (Å²) >= 11 is 0. The number of phosphoric ester groups is 1. The van der Waals surface area contributed by atoms with Crippen molar-refractivity contribution in [2.45, 2.75) is 213 Å². The minimum atomic E-state index is -4.52. The fraction of sp³-hybridized carbons (Fsp3) is 0.932. The number of esters is 1. The number of ether oxygens (including phenoxy) is 2. The van der Waals surface area contributed by atoms with Crippen LogP contribution in [-0.2, 0) is 27.9 Å². The Hall–Kier alpha value is -0.760. The van der Waals surface area contributed by atoms with E-state index < -0.39 is 13.9 Å². The number of nitrogens with zero attached hydrogens (tertiary/aromatic N) is 1. The molecule has 0 aromatic heterocycles. The molecule has 0 amide bonds. The summed E-state index contributed by atoms with van der Waals surface area (Å²) in [6.07, 6.45) is 40.7. The van der Waals surface area contributed by atoms with Crippen LogP contribution in [0.2, 0.25) is 0 Å². The zero-order chi connectivity index (χ0) is 39.1. The van der Waals surface area contributed by atoms with Gasteiger partial charge in [-0.1, -0.05) is 174 Å². The normalized spacial score (nSPS) is 13.8. The van der Waals surface area contributed by atoms with E-state index in [2.05, 4.69) is 26.0 Å². The first-order valence-electron chi connectivity index (χ1n) is 22.4. The summed E-state index contributed by atoms with van der Waals surface area (Å²) in [5.41, 5.74) is 0. The highest BCUT2D eigenvalue weighted by atomic mass is 31.2. The summed E-state index contributed by atoms with van der Waals surface area (Å²) in [5, 5.41) is 0. The molecule has 0 aliphatic heterocycles. The lowest BCUT2D eigenvalue weighted by Gasteiger charge is -2.28. The van der Waals surface area contributed by atoms with Gasteiger partial charge in [-0.05, 0) is 38.5 Å². The van der Waals surface area contributed by atoms with E-state index in [-0.39, 0.29) is 25.8 Å². The van der Waals surface area contributed by atoms with Gasteiger partial charge in [-0.2, -0.15) is 0 Å². The van der Waals surface area contributed by atoms with Gasteiger partial charge in [0.1, 0.15) is 19.3 Å². The third kappa shape index (κ3) is 42.2. The summed E-state index contributed by atoms with van der Waals surface area (Å²) in [6, 6.07) is 0. The Balaban J connectivity index is 4.19. The van der Waals surface area contributed by atoms with Gasteiger partial charge in [0.2, 0.25) is 0 Å². The monoisotopic (exact) mass is 774 g/mol. The lowest BCUT2D eigenvalue weighted by atomic mass is 10.0. The van der Waals surface area contributed by atoms with Crippen molar-refractivity contribution < 1.29 is 37.3 Å². The summed E-state index contributed by atoms with van der Waals surface area (Å²) in [7, 11) is 1.36. The van der Waals surface area contributed by atoms with E-state index >= 15 is 0 Å². The number of hydrogen-bond donors (Lipinski definition) is 0. The number of likely N-dealkylation sites (N-methyl/N-ethyl adjacent to an activating group) is 1. The molecule has 0 aromatic rings. The first-order valence-corrected chi connectivity index (χ1v) is 23.9. The molecule has 0 fully saturated rings. The molecule has 2 unspecified atom stereocenters. The zero-order valence-corrected chi connectivity index (χ0v) is 36.6. The van der Waals surface area contributed by atoms with E-state index in [0.717, 1.165) is 32.1 Å². The molecule has 0 saturated carbocycles. The van der Waals surface area contributed by atoms with Crippen molar-refractivity contribution in [2.75, 3.05) is 54.1 Å². The van der Waals surface area contributed by atoms with Crippen molar-refractivity contribution >= 4 is 13.8 Å². The van der Waals surface area contributed by atoms with Crippen LogP contribution in [0.5, 0.6) is 0 Å². The number of unbranched alkanes of at least 4 members (excludes halogenated alkanes) is 26. The molecule has 2 atom stereocenters. The molecule has 0 rings (SSSR count). The van der Waals surface area contributed by atoms with E-state index in [1.807, 2.05) is 21.1 Å². The van der Waals surface area contributed by atoms with Crippen molar-refractivity contribution in [1.29, 1.82) is 0 Å². The largest absolute Gasteiger partial charge is 0.756 e. The Bertz CT molecular complexity index is 863. The van der Waals surface area contributed by atoms with E-state index in [4.69, 9.17) is 18.5 Å². The summed E-state index contributed by atoms with van der Waals surface area (Å²) in [5.74, 6) is -0.332. The van der Waals surface area contributed by atoms with E-state index in [1.54, 1.807) is 0 Å². The molecule has 0 bridgehead atoms. The summed E-state index contributed by atoms with van der Waals surface area (Å²) in [6.45, 7) is 5.42. The maximum absolute atomic E-state index is 12.7. The number of carbonyl (C=O) groups excluding carboxylic acids is 1. The maximum Gasteiger partial charge on any atom is 0.306 e. The second-order valence-electron chi connectivity index (χ2n) is 16.4. The third-order valence-corrected chi connectivity index (χ3v) is 10.8. The van der Waals surface area contributed by atoms with Gasteiger partial charge in [0.15, 0.2) is 0 Å². The summed E-state index contributed by atoms with van der Waals surface area (Å²) in [4.78, 5) is 25.0. The maximum atomic E-state index is 12.7. The summed E-state index contributed by atoms with van der Waals surface area (Å²) < 4.78 is 34.6. The zero-order valence-electron chi connectivity index (χ0n) is 35.7. The average Bonchev–Trinajstić information content (AvgIpc) is 3.11. The van der Waals surface area contributed by atoms with Crippen LogP contribution >= 0.6 is 7.82 Å². The fourth-order valence-electron chi connectivity index (χ4n) is 6.31. The van der Waals surface area contributed by atoms with Crippen molar-refractivity contribution in [2.24, 2.45) is 0 Å². The van der Waals surface area contributed by atoms with E-state index in [1.165, 1.54) is 154 Å². The third-order valence-electron chi connectivity index (χ3n) is 9.82. The molecule has 0 heterocycles. The van der Waals surface area contributed by atoms with Crippen LogP contribution in [0.1, 0.15) is 206 Å². The van der Waals surface area contributed by atoms with Gasteiger partial charge in [0.05, 0.1) is 34.4 Å². The second-order valence-corrected chi connectivity index (χ2v) is 17.8. The van der Waals surface area contributed by atoms with Crippen molar-refractivity contribution in [1.82, 2.24) is 0 Å². The number of phosphoric acid groups is 1. The van der Waals surface area contributed by atoms with Gasteiger partial charge >= 0.3 is 5.97 Å². The highest BCUT2D eigenvalue weighted by molar-refractivity contribution is 7.45. The molecular weight excluding hydrogens is 685 g/mol. The predicted molar refractivity (Wildman–Crippen MR) is 222 cm³/mol. The Morgan fingerprint density at radius 1 is 0.566 bits per heavy atom. The molecular formula is C44H88NO7P. The molecule has 316 valence electrons. The molecule has 53 heavy (non-hydrogen) atoms. The highest BCUT2D eigenvalue weighted by Crippen LogP contribution is 2.38. The second kappa shape index (κ2) is 38.1. The van der Waals surface area contributed by atoms with Crippen LogP contribution in [-0.4, -0.2) is 70.7 Å². The Morgan fingerprint density at radius 2 is 0.981 bits per heavy atom. The topological polar surface area (TPSA) is 94.1 Å². The minimum absolute atomic E-state index is 0.0281. The first kappa shape index (κ1) is 52.2. The molecule has 0 spiro atoms. The number of quaternary nitrogens is 1. The van der Waals surface area contributed by atoms with Gasteiger partial charge in [-0.15, -0.1) is 0 Å². The van der Waals surface area contributed by atoms with Gasteiger partial charge < -0.3 is 27.9 Å². The lowest BCUT2D eigenvalue weighted by molar-refractivity contribution is -0.870. The van der Waals surface area contributed by atoms with Gasteiger partial charge in [-0.3, -0.25) is 9.36 Å². The van der Waals surface area contributed by atoms with E-state index in [0.29, 0.717) is 24.1 Å². The van der Waals surface area contributed by atoms with Crippen LogP contribution in [0, 0.1) is 0 Å². The minimum Gasteiger partial charge on any atom is -0.756 e. The van der Waals surface area contributed by atoms with Crippen molar-refractivity contribution in [3.63, 3.8) is 0 Å². The number of allylic oxidation sites excluding steroid dienone is 2. The molecule has 0 aliphatic rings. The fourth-order valence-corrected chi connectivity index (χ4v) is 7.03. The first-order chi connectivity index (χ1) is 25.6. The molecule has 9 heteroatoms. The van der Waals surface area contributed by atoms with Crippen LogP contribution < -0.4 is 4.89 Å². The SMILES string of the molecule is CCCCCC/C=C\CCCCCCCCOCC(COP(=O)([O-])OCC[N+](C)(C)C)OC(=O)CCCCCCCCCCCCCCCCCCC.